The van der Waals surface area contributed by atoms with Crippen LogP contribution >= 0.6 is 0 Å². The summed E-state index contributed by atoms with van der Waals surface area (Å²) in [4.78, 5) is 5.27. The van der Waals surface area contributed by atoms with Crippen LogP contribution in [0.2, 0.25) is 0 Å². The molecule has 0 aromatic carbocycles. The highest BCUT2D eigenvalue weighted by molar-refractivity contribution is 7.91. The van der Waals surface area contributed by atoms with E-state index in [1.54, 1.807) is 5.06 Å². The molecule has 2 atom stereocenters. The molecule has 2 unspecified atom stereocenters. The number of hydroxylamine groups is 2. The maximum atomic E-state index is 11.4. The Labute approximate surface area is 72.4 Å². The molecule has 0 spiro atoms. The second-order valence-corrected chi connectivity index (χ2v) is 6.28. The number of rotatable bonds is 0. The van der Waals surface area contributed by atoms with Crippen LogP contribution in [0.15, 0.2) is 0 Å². The zero-order valence-electron chi connectivity index (χ0n) is 7.28. The Hall–Kier alpha value is -0.130. The van der Waals surface area contributed by atoms with E-state index in [-0.39, 0.29) is 11.3 Å². The normalized spacial score (nSPS) is 42.8. The van der Waals surface area contributed by atoms with Gasteiger partial charge in [-0.3, -0.25) is 4.84 Å². The predicted octanol–water partition coefficient (Wildman–Crippen LogP) is 0.157. The molecule has 5 heteroatoms. The topological polar surface area (TPSA) is 46.6 Å². The zero-order chi connectivity index (χ0) is 8.98. The molecule has 2 aliphatic heterocycles. The van der Waals surface area contributed by atoms with Crippen molar-refractivity contribution in [3.8, 4) is 0 Å². The molecule has 2 saturated heterocycles. The Kier molecular flexibility index (Phi) is 1.56. The predicted molar refractivity (Wildman–Crippen MR) is 44.1 cm³/mol. The van der Waals surface area contributed by atoms with Crippen molar-refractivity contribution >= 4 is 9.84 Å². The van der Waals surface area contributed by atoms with E-state index in [2.05, 4.69) is 0 Å². The molecule has 70 valence electrons. The molecule has 0 aliphatic carbocycles. The van der Waals surface area contributed by atoms with Gasteiger partial charge < -0.3 is 0 Å². The van der Waals surface area contributed by atoms with E-state index < -0.39 is 15.3 Å². The maximum Gasteiger partial charge on any atom is 0.182 e. The summed E-state index contributed by atoms with van der Waals surface area (Å²) in [6.45, 7) is 4.52. The SMILES string of the molecule is CC1(C)CC2ON1CCS2(=O)=O. The van der Waals surface area contributed by atoms with E-state index >= 15 is 0 Å². The van der Waals surface area contributed by atoms with E-state index in [0.717, 1.165) is 0 Å². The van der Waals surface area contributed by atoms with Crippen LogP contribution in [0.25, 0.3) is 0 Å². The van der Waals surface area contributed by atoms with Crippen molar-refractivity contribution in [2.24, 2.45) is 0 Å². The fourth-order valence-electron chi connectivity index (χ4n) is 1.72. The Bertz CT molecular complexity index is 296. The van der Waals surface area contributed by atoms with Crippen LogP contribution in [0.4, 0.5) is 0 Å². The molecule has 0 radical (unpaired) electrons. The first-order valence-corrected chi connectivity index (χ1v) is 5.79. The van der Waals surface area contributed by atoms with Gasteiger partial charge in [-0.25, -0.2) is 8.42 Å². The van der Waals surface area contributed by atoms with Crippen LogP contribution in [0, 0.1) is 0 Å². The van der Waals surface area contributed by atoms with E-state index in [4.69, 9.17) is 4.84 Å². The third-order valence-corrected chi connectivity index (χ3v) is 4.37. The van der Waals surface area contributed by atoms with Gasteiger partial charge in [-0.1, -0.05) is 0 Å². The summed E-state index contributed by atoms with van der Waals surface area (Å²) in [5, 5.41) is 1.79. The quantitative estimate of drug-likeness (QED) is 0.547. The summed E-state index contributed by atoms with van der Waals surface area (Å²) in [6, 6.07) is 0. The molecular formula is C7H13NO3S. The molecule has 0 saturated carbocycles. The molecule has 2 aliphatic rings. The second-order valence-electron chi connectivity index (χ2n) is 4.02. The monoisotopic (exact) mass is 191 g/mol. The van der Waals surface area contributed by atoms with Crippen molar-refractivity contribution in [1.82, 2.24) is 5.06 Å². The van der Waals surface area contributed by atoms with Crippen LogP contribution in [0.1, 0.15) is 20.3 Å². The van der Waals surface area contributed by atoms with Crippen molar-refractivity contribution in [2.75, 3.05) is 12.3 Å². The second kappa shape index (κ2) is 2.21. The Morgan fingerprint density at radius 1 is 1.50 bits per heavy atom. The molecule has 0 aromatic rings. The van der Waals surface area contributed by atoms with Crippen LogP contribution in [-0.4, -0.2) is 36.8 Å². The number of hydrogen-bond donors (Lipinski definition) is 0. The summed E-state index contributed by atoms with van der Waals surface area (Å²) in [7, 11) is -2.97. The summed E-state index contributed by atoms with van der Waals surface area (Å²) in [5.74, 6) is 0.237. The minimum absolute atomic E-state index is 0.117. The molecule has 0 N–H and O–H groups in total. The van der Waals surface area contributed by atoms with Crippen LogP contribution in [-0.2, 0) is 14.7 Å². The van der Waals surface area contributed by atoms with Gasteiger partial charge in [0.1, 0.15) is 0 Å². The summed E-state index contributed by atoms with van der Waals surface area (Å²) in [6.07, 6.45) is 0.593. The lowest BCUT2D eigenvalue weighted by atomic mass is 10.0. The lowest BCUT2D eigenvalue weighted by Crippen LogP contribution is -2.42. The first kappa shape index (κ1) is 8.47. The fraction of sp³-hybridized carbons (Fsp3) is 1.00. The van der Waals surface area contributed by atoms with Crippen molar-refractivity contribution in [1.29, 1.82) is 0 Å². The van der Waals surface area contributed by atoms with Crippen molar-refractivity contribution in [3.05, 3.63) is 0 Å². The van der Waals surface area contributed by atoms with E-state index in [9.17, 15) is 8.42 Å². The Morgan fingerprint density at radius 2 is 2.17 bits per heavy atom. The van der Waals surface area contributed by atoms with Gasteiger partial charge in [0.15, 0.2) is 15.3 Å². The molecule has 4 nitrogen and oxygen atoms in total. The average Bonchev–Trinajstić information content (AvgIpc) is 2.17. The van der Waals surface area contributed by atoms with Gasteiger partial charge in [0.05, 0.1) is 5.75 Å². The van der Waals surface area contributed by atoms with Gasteiger partial charge in [-0.2, -0.15) is 5.06 Å². The summed E-state index contributed by atoms with van der Waals surface area (Å²) in [5.41, 5.74) is -0.699. The number of hydrogen-bond acceptors (Lipinski definition) is 4. The summed E-state index contributed by atoms with van der Waals surface area (Å²) < 4.78 is 22.8. The van der Waals surface area contributed by atoms with Gasteiger partial charge in [0, 0.05) is 18.5 Å². The van der Waals surface area contributed by atoms with Crippen LogP contribution in [0.5, 0.6) is 0 Å². The van der Waals surface area contributed by atoms with Gasteiger partial charge >= 0.3 is 0 Å². The van der Waals surface area contributed by atoms with Crippen molar-refractivity contribution in [2.45, 2.75) is 31.2 Å². The Morgan fingerprint density at radius 3 is 2.75 bits per heavy atom. The van der Waals surface area contributed by atoms with Gasteiger partial charge in [0.25, 0.3) is 0 Å². The van der Waals surface area contributed by atoms with E-state index in [1.165, 1.54) is 0 Å². The highest BCUT2D eigenvalue weighted by atomic mass is 32.2. The van der Waals surface area contributed by atoms with E-state index in [0.29, 0.717) is 13.0 Å². The maximum absolute atomic E-state index is 11.4. The number of nitrogens with zero attached hydrogens (tertiary/aromatic N) is 1. The smallest absolute Gasteiger partial charge is 0.182 e. The molecular weight excluding hydrogens is 178 g/mol. The third kappa shape index (κ3) is 1.08. The zero-order valence-corrected chi connectivity index (χ0v) is 8.10. The van der Waals surface area contributed by atoms with Gasteiger partial charge in [0.2, 0.25) is 0 Å². The third-order valence-electron chi connectivity index (χ3n) is 2.57. The first-order valence-electron chi connectivity index (χ1n) is 4.08. The first-order chi connectivity index (χ1) is 5.42. The number of fused-ring (bicyclic) bond motifs is 2. The molecule has 0 aromatic heterocycles. The molecule has 0 amide bonds. The standard InChI is InChI=1S/C7H13NO3S/c1-7(2)5-6-11-8(7)3-4-12(6,9)10/h6H,3-5H2,1-2H3. The molecule has 2 heterocycles. The minimum atomic E-state index is -2.97. The van der Waals surface area contributed by atoms with Crippen LogP contribution in [0.3, 0.4) is 0 Å². The van der Waals surface area contributed by atoms with Gasteiger partial charge in [-0.15, -0.1) is 0 Å². The van der Waals surface area contributed by atoms with Crippen molar-refractivity contribution < 1.29 is 13.3 Å². The largest absolute Gasteiger partial charge is 0.279 e. The average molecular weight is 191 g/mol. The minimum Gasteiger partial charge on any atom is -0.279 e. The molecule has 12 heavy (non-hydrogen) atoms. The summed E-state index contributed by atoms with van der Waals surface area (Å²) >= 11 is 0. The molecule has 2 bridgehead atoms. The molecule has 2 fully saturated rings. The van der Waals surface area contributed by atoms with Gasteiger partial charge in [-0.05, 0) is 13.8 Å². The molecule has 2 rings (SSSR count). The Balaban J connectivity index is 2.33. The lowest BCUT2D eigenvalue weighted by Gasteiger charge is -2.29. The number of sulfone groups is 1. The van der Waals surface area contributed by atoms with E-state index in [1.807, 2.05) is 13.8 Å². The van der Waals surface area contributed by atoms with Crippen molar-refractivity contribution in [3.63, 3.8) is 0 Å². The highest BCUT2D eigenvalue weighted by Gasteiger charge is 2.49. The van der Waals surface area contributed by atoms with Crippen LogP contribution < -0.4 is 0 Å². The fourth-order valence-corrected chi connectivity index (χ4v) is 3.30. The highest BCUT2D eigenvalue weighted by Crippen LogP contribution is 2.36. The lowest BCUT2D eigenvalue weighted by molar-refractivity contribution is -0.165.